The molecule has 0 spiro atoms. The molecule has 6 N–H and O–H groups in total. The molecule has 0 aromatic carbocycles. The van der Waals surface area contributed by atoms with E-state index in [0.717, 1.165) is 31.5 Å². The molecule has 6 heteroatoms. The first kappa shape index (κ1) is 9.57. The summed E-state index contributed by atoms with van der Waals surface area (Å²) < 4.78 is 0. The topological polar surface area (TPSA) is 76.1 Å². The molecule has 3 aliphatic rings. The van der Waals surface area contributed by atoms with Crippen LogP contribution in [0.2, 0.25) is 0 Å². The molecule has 0 saturated heterocycles. The summed E-state index contributed by atoms with van der Waals surface area (Å²) in [6, 6.07) is 0. The summed E-state index contributed by atoms with van der Waals surface area (Å²) in [5.41, 5.74) is 1.13. The summed E-state index contributed by atoms with van der Waals surface area (Å²) in [7, 11) is 0. The first-order valence-corrected chi connectivity index (χ1v) is 4.94. The van der Waals surface area contributed by atoms with Gasteiger partial charge in [0.1, 0.15) is 11.5 Å². The lowest BCUT2D eigenvalue weighted by molar-refractivity contribution is -0.458. The SMILES string of the molecule is C1=CNC[NH+]=C1.C1=[NH+]CNC2=C1NCN2. The van der Waals surface area contributed by atoms with Gasteiger partial charge in [0.15, 0.2) is 12.4 Å². The molecule has 6 nitrogen and oxygen atoms in total. The number of hydrogen-bond acceptors (Lipinski definition) is 4. The van der Waals surface area contributed by atoms with Crippen molar-refractivity contribution >= 4 is 12.4 Å². The van der Waals surface area contributed by atoms with Gasteiger partial charge in [-0.05, 0) is 0 Å². The van der Waals surface area contributed by atoms with Gasteiger partial charge in [-0.1, -0.05) is 0 Å². The summed E-state index contributed by atoms with van der Waals surface area (Å²) in [6.07, 6.45) is 7.68. The fourth-order valence-corrected chi connectivity index (χ4v) is 1.35. The third kappa shape index (κ3) is 2.73. The first-order chi connectivity index (χ1) is 7.47. The Hall–Kier alpha value is -1.98. The van der Waals surface area contributed by atoms with Gasteiger partial charge in [-0.15, -0.1) is 0 Å². The molecule has 0 aliphatic carbocycles. The Bertz CT molecular complexity index is 315. The van der Waals surface area contributed by atoms with Crippen LogP contribution < -0.4 is 31.3 Å². The molecule has 0 saturated carbocycles. The normalized spacial score (nSPS) is 20.3. The summed E-state index contributed by atoms with van der Waals surface area (Å²) in [4.78, 5) is 6.02. The fraction of sp³-hybridized carbons (Fsp3) is 0.333. The standard InChI is InChI=1S/C5H8N4.C4H6N2/c1-4-5(8-2-6-1)9-3-7-4;1-2-5-4-6-3-1/h1,7-9H,2-3H2;1-3,5H,4H2/p+2. The Balaban J connectivity index is 0.000000124. The molecule has 15 heavy (non-hydrogen) atoms. The van der Waals surface area contributed by atoms with E-state index in [4.69, 9.17) is 0 Å². The van der Waals surface area contributed by atoms with E-state index in [-0.39, 0.29) is 0 Å². The van der Waals surface area contributed by atoms with Gasteiger partial charge in [0.05, 0.1) is 6.67 Å². The minimum atomic E-state index is 0.813. The molecule has 3 aliphatic heterocycles. The van der Waals surface area contributed by atoms with Crippen molar-refractivity contribution in [1.82, 2.24) is 21.3 Å². The lowest BCUT2D eigenvalue weighted by Gasteiger charge is -2.04. The maximum atomic E-state index is 3.15. The molecule has 0 amide bonds. The molecule has 0 atom stereocenters. The smallest absolute Gasteiger partial charge is 0.215 e. The van der Waals surface area contributed by atoms with Crippen LogP contribution in [0.5, 0.6) is 0 Å². The molecular formula is C9H16N6+2. The van der Waals surface area contributed by atoms with E-state index in [1.54, 1.807) is 0 Å². The second-order valence-electron chi connectivity index (χ2n) is 3.13. The molecule has 0 aromatic rings. The molecule has 0 unspecified atom stereocenters. The highest BCUT2D eigenvalue weighted by Crippen LogP contribution is 1.95. The van der Waals surface area contributed by atoms with Gasteiger partial charge in [0.25, 0.3) is 0 Å². The van der Waals surface area contributed by atoms with Crippen LogP contribution in [0, 0.1) is 0 Å². The van der Waals surface area contributed by atoms with Gasteiger partial charge in [-0.3, -0.25) is 0 Å². The molecule has 80 valence electrons. The van der Waals surface area contributed by atoms with E-state index in [2.05, 4.69) is 31.3 Å². The predicted octanol–water partition coefficient (Wildman–Crippen LogP) is -4.77. The maximum absolute atomic E-state index is 3.15. The fourth-order valence-electron chi connectivity index (χ4n) is 1.35. The van der Waals surface area contributed by atoms with Crippen LogP contribution in [0.25, 0.3) is 0 Å². The Kier molecular flexibility index (Phi) is 3.22. The second kappa shape index (κ2) is 5.04. The minimum absolute atomic E-state index is 0.813. The van der Waals surface area contributed by atoms with E-state index >= 15 is 0 Å². The van der Waals surface area contributed by atoms with Crippen molar-refractivity contribution in [3.05, 3.63) is 23.8 Å². The zero-order valence-corrected chi connectivity index (χ0v) is 8.43. The lowest BCUT2D eigenvalue weighted by Crippen LogP contribution is -2.75. The van der Waals surface area contributed by atoms with Gasteiger partial charge in [-0.2, -0.15) is 0 Å². The van der Waals surface area contributed by atoms with E-state index in [9.17, 15) is 0 Å². The first-order valence-electron chi connectivity index (χ1n) is 4.94. The molecule has 3 rings (SSSR count). The molecule has 0 aromatic heterocycles. The Morgan fingerprint density at radius 3 is 2.67 bits per heavy atom. The highest BCUT2D eigenvalue weighted by Gasteiger charge is 2.15. The molecule has 0 fully saturated rings. The molecule has 0 radical (unpaired) electrons. The Labute approximate surface area is 88.3 Å². The van der Waals surface area contributed by atoms with E-state index < -0.39 is 0 Å². The van der Waals surface area contributed by atoms with Crippen LogP contribution in [0.4, 0.5) is 0 Å². The van der Waals surface area contributed by atoms with Gasteiger partial charge in [0, 0.05) is 12.3 Å². The largest absolute Gasteiger partial charge is 0.360 e. The quantitative estimate of drug-likeness (QED) is 0.242. The summed E-state index contributed by atoms with van der Waals surface area (Å²) in [6.45, 7) is 2.50. The van der Waals surface area contributed by atoms with Crippen LogP contribution in [-0.2, 0) is 0 Å². The zero-order chi connectivity index (χ0) is 10.3. The highest BCUT2D eigenvalue weighted by molar-refractivity contribution is 5.74. The number of allylic oxidation sites excluding steroid dienone is 2. The van der Waals surface area contributed by atoms with Gasteiger partial charge in [-0.25, -0.2) is 9.98 Å². The van der Waals surface area contributed by atoms with Crippen molar-refractivity contribution < 1.29 is 9.98 Å². The van der Waals surface area contributed by atoms with E-state index in [1.165, 1.54) is 0 Å². The molecular weight excluding hydrogens is 192 g/mol. The van der Waals surface area contributed by atoms with E-state index in [1.807, 2.05) is 24.7 Å². The Morgan fingerprint density at radius 2 is 2.07 bits per heavy atom. The summed E-state index contributed by atoms with van der Waals surface area (Å²) in [5.74, 6) is 1.11. The van der Waals surface area contributed by atoms with Crippen molar-refractivity contribution in [1.29, 1.82) is 0 Å². The lowest BCUT2D eigenvalue weighted by atomic mass is 10.4. The third-order valence-electron chi connectivity index (χ3n) is 2.06. The molecule has 0 bridgehead atoms. The van der Waals surface area contributed by atoms with Crippen molar-refractivity contribution in [3.63, 3.8) is 0 Å². The Morgan fingerprint density at radius 1 is 1.07 bits per heavy atom. The minimum Gasteiger partial charge on any atom is -0.360 e. The van der Waals surface area contributed by atoms with E-state index in [0.29, 0.717) is 0 Å². The van der Waals surface area contributed by atoms with Crippen LogP contribution in [-0.4, -0.2) is 32.4 Å². The van der Waals surface area contributed by atoms with Crippen molar-refractivity contribution in [2.45, 2.75) is 0 Å². The monoisotopic (exact) mass is 208 g/mol. The van der Waals surface area contributed by atoms with Gasteiger partial charge in [0.2, 0.25) is 13.3 Å². The van der Waals surface area contributed by atoms with Crippen molar-refractivity contribution in [3.8, 4) is 0 Å². The number of rotatable bonds is 0. The molecule has 3 heterocycles. The average Bonchev–Trinajstić information content (AvgIpc) is 2.80. The van der Waals surface area contributed by atoms with Crippen LogP contribution >= 0.6 is 0 Å². The average molecular weight is 208 g/mol. The second-order valence-corrected chi connectivity index (χ2v) is 3.13. The number of hydrogen-bond donors (Lipinski definition) is 6. The highest BCUT2D eigenvalue weighted by atomic mass is 15.3. The summed E-state index contributed by atoms with van der Waals surface area (Å²) in [5, 5.41) is 12.4. The van der Waals surface area contributed by atoms with Gasteiger partial charge >= 0.3 is 0 Å². The van der Waals surface area contributed by atoms with Gasteiger partial charge < -0.3 is 21.3 Å². The van der Waals surface area contributed by atoms with Crippen LogP contribution in [0.1, 0.15) is 0 Å². The number of nitrogens with one attached hydrogen (secondary N) is 6. The third-order valence-corrected chi connectivity index (χ3v) is 2.06. The van der Waals surface area contributed by atoms with Crippen molar-refractivity contribution in [2.75, 3.05) is 20.0 Å². The van der Waals surface area contributed by atoms with Crippen LogP contribution in [0.3, 0.4) is 0 Å². The zero-order valence-electron chi connectivity index (χ0n) is 8.43. The van der Waals surface area contributed by atoms with Crippen LogP contribution in [0.15, 0.2) is 23.8 Å². The summed E-state index contributed by atoms with van der Waals surface area (Å²) >= 11 is 0. The van der Waals surface area contributed by atoms with Crippen molar-refractivity contribution in [2.24, 2.45) is 0 Å². The maximum Gasteiger partial charge on any atom is 0.215 e. The predicted molar refractivity (Wildman–Crippen MR) is 57.4 cm³/mol.